The molecule has 22 heavy (non-hydrogen) atoms. The smallest absolute Gasteiger partial charge is 0.243 e. The van der Waals surface area contributed by atoms with Crippen molar-refractivity contribution in [2.24, 2.45) is 0 Å². The Hall–Kier alpha value is -1.91. The van der Waals surface area contributed by atoms with E-state index in [1.54, 1.807) is 18.2 Å². The Morgan fingerprint density at radius 3 is 2.41 bits per heavy atom. The van der Waals surface area contributed by atoms with Crippen molar-refractivity contribution in [2.75, 3.05) is 36.2 Å². The highest BCUT2D eigenvalue weighted by Crippen LogP contribution is 2.29. The van der Waals surface area contributed by atoms with Gasteiger partial charge in [-0.25, -0.2) is 0 Å². The molecular formula is C16H17Cl2N3O. The number of benzene rings is 2. The quantitative estimate of drug-likeness (QED) is 0.862. The minimum Gasteiger partial charge on any atom is -0.378 e. The summed E-state index contributed by atoms with van der Waals surface area (Å²) >= 11 is 12.0. The summed E-state index contributed by atoms with van der Waals surface area (Å²) in [5.41, 5.74) is 2.45. The van der Waals surface area contributed by atoms with Crippen molar-refractivity contribution in [1.82, 2.24) is 0 Å². The topological polar surface area (TPSA) is 44.4 Å². The fraction of sp³-hybridized carbons (Fsp3) is 0.188. The number of carbonyl (C=O) groups is 1. The normalized spacial score (nSPS) is 10.2. The van der Waals surface area contributed by atoms with Crippen LogP contribution in [-0.2, 0) is 4.79 Å². The monoisotopic (exact) mass is 337 g/mol. The molecule has 0 heterocycles. The van der Waals surface area contributed by atoms with Crippen LogP contribution in [0.1, 0.15) is 0 Å². The van der Waals surface area contributed by atoms with Gasteiger partial charge in [0.25, 0.3) is 0 Å². The lowest BCUT2D eigenvalue weighted by Crippen LogP contribution is -2.21. The zero-order valence-electron chi connectivity index (χ0n) is 12.4. The van der Waals surface area contributed by atoms with Crippen molar-refractivity contribution in [2.45, 2.75) is 0 Å². The van der Waals surface area contributed by atoms with Gasteiger partial charge < -0.3 is 15.5 Å². The number of nitrogens with one attached hydrogen (secondary N) is 2. The van der Waals surface area contributed by atoms with Gasteiger partial charge in [0.1, 0.15) is 0 Å². The van der Waals surface area contributed by atoms with Crippen LogP contribution < -0.4 is 15.5 Å². The van der Waals surface area contributed by atoms with Crippen LogP contribution >= 0.6 is 23.2 Å². The number of hydrogen-bond acceptors (Lipinski definition) is 3. The van der Waals surface area contributed by atoms with Gasteiger partial charge in [-0.05, 0) is 36.4 Å². The average Bonchev–Trinajstić information content (AvgIpc) is 2.49. The van der Waals surface area contributed by atoms with Crippen LogP contribution in [0.4, 0.5) is 17.1 Å². The van der Waals surface area contributed by atoms with E-state index >= 15 is 0 Å². The summed E-state index contributed by atoms with van der Waals surface area (Å²) in [4.78, 5) is 13.9. The SMILES string of the molecule is CN(C)c1ccc(NC(=O)CNc2cccc(Cl)c2Cl)cc1. The predicted molar refractivity (Wildman–Crippen MR) is 94.4 cm³/mol. The number of carbonyl (C=O) groups excluding carboxylic acids is 1. The first kappa shape index (κ1) is 16.5. The predicted octanol–water partition coefficient (Wildman–Crippen LogP) is 4.11. The molecule has 0 unspecified atom stereocenters. The summed E-state index contributed by atoms with van der Waals surface area (Å²) in [5, 5.41) is 6.64. The highest BCUT2D eigenvalue weighted by atomic mass is 35.5. The van der Waals surface area contributed by atoms with E-state index in [1.165, 1.54) is 0 Å². The summed E-state index contributed by atoms with van der Waals surface area (Å²) in [6.07, 6.45) is 0. The Bertz CT molecular complexity index is 657. The Labute approximate surface area is 140 Å². The molecule has 0 spiro atoms. The molecular weight excluding hydrogens is 321 g/mol. The third kappa shape index (κ3) is 4.29. The van der Waals surface area contributed by atoms with E-state index in [2.05, 4.69) is 10.6 Å². The molecule has 116 valence electrons. The molecule has 0 bridgehead atoms. The van der Waals surface area contributed by atoms with Crippen LogP contribution in [-0.4, -0.2) is 26.5 Å². The van der Waals surface area contributed by atoms with E-state index in [4.69, 9.17) is 23.2 Å². The van der Waals surface area contributed by atoms with Gasteiger partial charge in [0.05, 0.1) is 22.3 Å². The van der Waals surface area contributed by atoms with Crippen LogP contribution in [0.3, 0.4) is 0 Å². The van der Waals surface area contributed by atoms with Gasteiger partial charge >= 0.3 is 0 Å². The summed E-state index contributed by atoms with van der Waals surface area (Å²) in [7, 11) is 3.93. The van der Waals surface area contributed by atoms with E-state index in [0.29, 0.717) is 15.7 Å². The standard InChI is InChI=1S/C16H17Cl2N3O/c1-21(2)12-8-6-11(7-9-12)20-15(22)10-19-14-5-3-4-13(17)16(14)18/h3-9,19H,10H2,1-2H3,(H,20,22). The molecule has 2 rings (SSSR count). The second-order valence-electron chi connectivity index (χ2n) is 4.94. The molecule has 0 saturated carbocycles. The summed E-state index contributed by atoms with van der Waals surface area (Å²) in [6.45, 7) is 0.107. The van der Waals surface area contributed by atoms with Crippen LogP contribution in [0.5, 0.6) is 0 Å². The van der Waals surface area contributed by atoms with Crippen molar-refractivity contribution >= 4 is 46.2 Å². The van der Waals surface area contributed by atoms with Gasteiger partial charge in [-0.3, -0.25) is 4.79 Å². The molecule has 2 aromatic carbocycles. The van der Waals surface area contributed by atoms with Gasteiger partial charge in [-0.1, -0.05) is 29.3 Å². The maximum absolute atomic E-state index is 11.9. The molecule has 0 atom stereocenters. The second kappa shape index (κ2) is 7.38. The number of anilines is 3. The van der Waals surface area contributed by atoms with Gasteiger partial charge in [0, 0.05) is 25.5 Å². The van der Waals surface area contributed by atoms with E-state index in [1.807, 2.05) is 43.3 Å². The fourth-order valence-electron chi connectivity index (χ4n) is 1.86. The van der Waals surface area contributed by atoms with Crippen molar-refractivity contribution < 1.29 is 4.79 Å². The van der Waals surface area contributed by atoms with E-state index < -0.39 is 0 Å². The summed E-state index contributed by atoms with van der Waals surface area (Å²) in [5.74, 6) is -0.159. The number of hydrogen-bond donors (Lipinski definition) is 2. The van der Waals surface area contributed by atoms with Crippen LogP contribution in [0.15, 0.2) is 42.5 Å². The Morgan fingerprint density at radius 2 is 1.77 bits per heavy atom. The zero-order chi connectivity index (χ0) is 16.1. The van der Waals surface area contributed by atoms with Crippen molar-refractivity contribution in [3.8, 4) is 0 Å². The molecule has 0 radical (unpaired) electrons. The molecule has 0 aliphatic carbocycles. The van der Waals surface area contributed by atoms with Crippen molar-refractivity contribution in [3.05, 3.63) is 52.5 Å². The maximum Gasteiger partial charge on any atom is 0.243 e. The van der Waals surface area contributed by atoms with Crippen molar-refractivity contribution in [3.63, 3.8) is 0 Å². The van der Waals surface area contributed by atoms with Gasteiger partial charge in [0.15, 0.2) is 0 Å². The molecule has 0 fully saturated rings. The molecule has 0 aliphatic rings. The first-order valence-corrected chi connectivity index (χ1v) is 7.48. The molecule has 2 aromatic rings. The number of amides is 1. The van der Waals surface area contributed by atoms with Crippen molar-refractivity contribution in [1.29, 1.82) is 0 Å². The lowest BCUT2D eigenvalue weighted by Gasteiger charge is -2.13. The van der Waals surface area contributed by atoms with Crippen LogP contribution in [0.2, 0.25) is 10.0 Å². The molecule has 2 N–H and O–H groups in total. The highest BCUT2D eigenvalue weighted by molar-refractivity contribution is 6.43. The molecule has 0 aliphatic heterocycles. The molecule has 6 heteroatoms. The number of nitrogens with zero attached hydrogens (tertiary/aromatic N) is 1. The maximum atomic E-state index is 11.9. The average molecular weight is 338 g/mol. The minimum atomic E-state index is -0.159. The fourth-order valence-corrected chi connectivity index (χ4v) is 2.23. The first-order chi connectivity index (χ1) is 10.5. The van der Waals surface area contributed by atoms with Gasteiger partial charge in [-0.15, -0.1) is 0 Å². The Balaban J connectivity index is 1.91. The Kier molecular flexibility index (Phi) is 5.52. The van der Waals surface area contributed by atoms with E-state index in [9.17, 15) is 4.79 Å². The third-order valence-electron chi connectivity index (χ3n) is 3.06. The first-order valence-electron chi connectivity index (χ1n) is 6.72. The molecule has 0 aromatic heterocycles. The third-order valence-corrected chi connectivity index (χ3v) is 3.88. The van der Waals surface area contributed by atoms with E-state index in [0.717, 1.165) is 11.4 Å². The lowest BCUT2D eigenvalue weighted by molar-refractivity contribution is -0.114. The summed E-state index contributed by atoms with van der Waals surface area (Å²) < 4.78 is 0. The van der Waals surface area contributed by atoms with Crippen LogP contribution in [0, 0.1) is 0 Å². The van der Waals surface area contributed by atoms with Gasteiger partial charge in [-0.2, -0.15) is 0 Å². The zero-order valence-corrected chi connectivity index (χ0v) is 13.9. The lowest BCUT2D eigenvalue weighted by atomic mass is 10.2. The highest BCUT2D eigenvalue weighted by Gasteiger charge is 2.07. The second-order valence-corrected chi connectivity index (χ2v) is 5.73. The largest absolute Gasteiger partial charge is 0.378 e. The number of halogens is 2. The molecule has 0 saturated heterocycles. The summed E-state index contributed by atoms with van der Waals surface area (Å²) in [6, 6.07) is 12.8. The Morgan fingerprint density at radius 1 is 1.09 bits per heavy atom. The van der Waals surface area contributed by atoms with Crippen LogP contribution in [0.25, 0.3) is 0 Å². The molecule has 1 amide bonds. The van der Waals surface area contributed by atoms with E-state index in [-0.39, 0.29) is 12.5 Å². The number of rotatable bonds is 5. The van der Waals surface area contributed by atoms with Gasteiger partial charge in [0.2, 0.25) is 5.91 Å². The minimum absolute atomic E-state index is 0.107. The molecule has 4 nitrogen and oxygen atoms in total.